The number of fused-ring (bicyclic) bond motifs is 1. The zero-order valence-electron chi connectivity index (χ0n) is 30.0. The molecule has 0 bridgehead atoms. The number of hydrogen-bond donors (Lipinski definition) is 2. The van der Waals surface area contributed by atoms with E-state index in [1.54, 1.807) is 23.1 Å². The Labute approximate surface area is 314 Å². The quantitative estimate of drug-likeness (QED) is 0.338. The molecule has 4 aliphatic rings. The number of piperidine rings is 2. The molecule has 4 amide bonds. The van der Waals surface area contributed by atoms with Crippen molar-refractivity contribution in [3.8, 4) is 5.75 Å². The summed E-state index contributed by atoms with van der Waals surface area (Å²) in [6, 6.07) is 13.2. The summed E-state index contributed by atoms with van der Waals surface area (Å²) in [5.41, 5.74) is 2.72. The number of likely N-dealkylation sites (tertiary alicyclic amines) is 2. The van der Waals surface area contributed by atoms with Gasteiger partial charge in [0.15, 0.2) is 6.10 Å². The van der Waals surface area contributed by atoms with E-state index in [1.165, 1.54) is 0 Å². The summed E-state index contributed by atoms with van der Waals surface area (Å²) >= 11 is 3.37. The van der Waals surface area contributed by atoms with Gasteiger partial charge in [-0.2, -0.15) is 0 Å². The van der Waals surface area contributed by atoms with Crippen molar-refractivity contribution < 1.29 is 33.8 Å². The van der Waals surface area contributed by atoms with Gasteiger partial charge in [-0.1, -0.05) is 24.3 Å². The molecule has 1 atom stereocenters. The fourth-order valence-corrected chi connectivity index (χ4v) is 8.28. The van der Waals surface area contributed by atoms with Gasteiger partial charge in [-0.05, 0) is 84.3 Å². The van der Waals surface area contributed by atoms with Gasteiger partial charge >= 0.3 is 18.1 Å². The zero-order chi connectivity index (χ0) is 36.6. The molecule has 3 fully saturated rings. The largest absolute Gasteiger partial charge is 0.507 e. The number of rotatable bonds is 10. The first kappa shape index (κ1) is 37.9. The Balaban J connectivity index is 1.02. The van der Waals surface area contributed by atoms with Crippen molar-refractivity contribution in [2.24, 2.45) is 0 Å². The number of nitrogens with one attached hydrogen (secondary N) is 1. The summed E-state index contributed by atoms with van der Waals surface area (Å²) in [6.07, 6.45) is 2.72. The molecule has 2 aromatic rings. The number of benzene rings is 2. The van der Waals surface area contributed by atoms with Crippen LogP contribution in [0.25, 0.3) is 0 Å². The van der Waals surface area contributed by atoms with Gasteiger partial charge in [-0.3, -0.25) is 14.5 Å². The maximum atomic E-state index is 14.1. The third-order valence-electron chi connectivity index (χ3n) is 10.9. The normalized spacial score (nSPS) is 20.1. The second-order valence-corrected chi connectivity index (χ2v) is 15.0. The third kappa shape index (κ3) is 9.56. The second kappa shape index (κ2) is 17.8. The van der Waals surface area contributed by atoms with Crippen LogP contribution < -0.4 is 5.32 Å². The summed E-state index contributed by atoms with van der Waals surface area (Å²) in [5, 5.41) is 13.1. The molecule has 6 rings (SSSR count). The van der Waals surface area contributed by atoms with Crippen molar-refractivity contribution in [2.45, 2.75) is 70.1 Å². The Morgan fingerprint density at radius 1 is 0.904 bits per heavy atom. The molecule has 0 aliphatic carbocycles. The molecular formula is C38H51BrN6O7. The predicted molar refractivity (Wildman–Crippen MR) is 199 cm³/mol. The maximum Gasteiger partial charge on any atom is 0.410 e. The molecule has 0 radical (unpaired) electrons. The number of piperazine rings is 1. The molecule has 52 heavy (non-hydrogen) atoms. The van der Waals surface area contributed by atoms with Crippen molar-refractivity contribution in [1.82, 2.24) is 24.5 Å². The number of anilines is 1. The van der Waals surface area contributed by atoms with Gasteiger partial charge in [-0.15, -0.1) is 0 Å². The summed E-state index contributed by atoms with van der Waals surface area (Å²) in [4.78, 5) is 62.7. The van der Waals surface area contributed by atoms with Gasteiger partial charge in [0.05, 0.1) is 17.5 Å². The number of carbonyl (C=O) groups excluding carboxylic acids is 4. The number of ether oxygens (including phenoxy) is 2. The Morgan fingerprint density at radius 3 is 2.31 bits per heavy atom. The van der Waals surface area contributed by atoms with Crippen LogP contribution in [0.2, 0.25) is 0 Å². The van der Waals surface area contributed by atoms with Gasteiger partial charge in [0, 0.05) is 89.6 Å². The highest BCUT2D eigenvalue weighted by Crippen LogP contribution is 2.28. The van der Waals surface area contributed by atoms with Gasteiger partial charge in [-0.25, -0.2) is 9.59 Å². The Kier molecular flexibility index (Phi) is 12.9. The number of halogens is 1. The van der Waals surface area contributed by atoms with Gasteiger partial charge in [0.2, 0.25) is 0 Å². The van der Waals surface area contributed by atoms with E-state index < -0.39 is 12.2 Å². The van der Waals surface area contributed by atoms with Gasteiger partial charge in [0.25, 0.3) is 5.91 Å². The van der Waals surface area contributed by atoms with E-state index in [0.29, 0.717) is 75.7 Å². The van der Waals surface area contributed by atoms with Crippen LogP contribution in [0.15, 0.2) is 46.9 Å². The van der Waals surface area contributed by atoms with Crippen LogP contribution in [0.3, 0.4) is 0 Å². The summed E-state index contributed by atoms with van der Waals surface area (Å²) in [6.45, 7) is 9.19. The SMILES string of the molecule is CCOC(=O)CCN1CCN(C2CCN(C(=O)C(Cc3ccc(O)c(Br)c3)OC(=O)N3CCC(N4CCc5ccccc5NC4=O)CC3)CC2)CC1. The maximum absolute atomic E-state index is 14.1. The first-order valence-corrected chi connectivity index (χ1v) is 19.5. The zero-order valence-corrected chi connectivity index (χ0v) is 31.6. The van der Waals surface area contributed by atoms with E-state index in [4.69, 9.17) is 9.47 Å². The lowest BCUT2D eigenvalue weighted by molar-refractivity contribution is -0.144. The molecule has 0 saturated carbocycles. The molecular weight excluding hydrogens is 732 g/mol. The Hall–Kier alpha value is -3.88. The molecule has 3 saturated heterocycles. The fourth-order valence-electron chi connectivity index (χ4n) is 7.85. The van der Waals surface area contributed by atoms with Gasteiger partial charge in [0.1, 0.15) is 5.75 Å². The number of urea groups is 1. The van der Waals surface area contributed by atoms with E-state index in [2.05, 4.69) is 31.0 Å². The molecule has 282 valence electrons. The van der Waals surface area contributed by atoms with Crippen molar-refractivity contribution in [1.29, 1.82) is 0 Å². The van der Waals surface area contributed by atoms with Crippen molar-refractivity contribution in [3.63, 3.8) is 0 Å². The van der Waals surface area contributed by atoms with Crippen LogP contribution in [-0.4, -0.2) is 144 Å². The number of aromatic hydroxyl groups is 1. The van der Waals surface area contributed by atoms with Crippen molar-refractivity contribution >= 4 is 45.6 Å². The second-order valence-electron chi connectivity index (χ2n) is 14.1. The highest BCUT2D eigenvalue weighted by Gasteiger charge is 2.36. The number of esters is 1. The van der Waals surface area contributed by atoms with Crippen molar-refractivity contribution in [2.75, 3.05) is 77.4 Å². The minimum absolute atomic E-state index is 0.000920. The summed E-state index contributed by atoms with van der Waals surface area (Å²) < 4.78 is 11.6. The molecule has 4 heterocycles. The minimum Gasteiger partial charge on any atom is -0.507 e. The summed E-state index contributed by atoms with van der Waals surface area (Å²) in [5.74, 6) is -0.273. The average molecular weight is 784 g/mol. The van der Waals surface area contributed by atoms with E-state index in [0.717, 1.165) is 62.3 Å². The first-order valence-electron chi connectivity index (χ1n) is 18.7. The lowest BCUT2D eigenvalue weighted by atomic mass is 10.0. The van der Waals surface area contributed by atoms with E-state index >= 15 is 0 Å². The Morgan fingerprint density at radius 2 is 1.60 bits per heavy atom. The fraction of sp³-hybridized carbons (Fsp3) is 0.579. The number of amides is 4. The first-order chi connectivity index (χ1) is 25.2. The lowest BCUT2D eigenvalue weighted by Crippen LogP contribution is -2.55. The van der Waals surface area contributed by atoms with Crippen LogP contribution in [0.1, 0.15) is 50.2 Å². The standard InChI is InChI=1S/C38H51BrN6O7/c1-2-51-35(47)14-15-41-21-23-42(24-22-41)29-10-16-43(17-11-29)36(48)34(26-27-7-8-33(46)31(39)25-27)52-38(50)44-18-12-30(13-19-44)45-20-9-28-5-3-4-6-32(28)40-37(45)49/h3-8,25,29-30,34,46H,2,9-24,26H2,1H3,(H,40,49). The molecule has 0 spiro atoms. The van der Waals surface area contributed by atoms with E-state index in [9.17, 15) is 24.3 Å². The number of phenolic OH excluding ortho intramolecular Hbond substituents is 1. The number of nitrogens with zero attached hydrogens (tertiary/aromatic N) is 5. The molecule has 1 unspecified atom stereocenters. The number of hydrogen-bond acceptors (Lipinski definition) is 9. The topological polar surface area (TPSA) is 135 Å². The smallest absolute Gasteiger partial charge is 0.410 e. The molecule has 0 aromatic heterocycles. The highest BCUT2D eigenvalue weighted by atomic mass is 79.9. The summed E-state index contributed by atoms with van der Waals surface area (Å²) in [7, 11) is 0. The number of para-hydroxylation sites is 1. The number of carbonyl (C=O) groups is 4. The van der Waals surface area contributed by atoms with E-state index in [1.807, 2.05) is 41.0 Å². The predicted octanol–water partition coefficient (Wildman–Crippen LogP) is 4.32. The minimum atomic E-state index is -1.02. The molecule has 2 N–H and O–H groups in total. The van der Waals surface area contributed by atoms with Crippen LogP contribution in [0.4, 0.5) is 15.3 Å². The molecule has 13 nitrogen and oxygen atoms in total. The van der Waals surface area contributed by atoms with Crippen LogP contribution in [0.5, 0.6) is 5.75 Å². The van der Waals surface area contributed by atoms with Crippen LogP contribution in [-0.2, 0) is 31.9 Å². The van der Waals surface area contributed by atoms with Gasteiger partial charge < -0.3 is 39.5 Å². The van der Waals surface area contributed by atoms with Crippen molar-refractivity contribution in [3.05, 3.63) is 58.1 Å². The lowest BCUT2D eigenvalue weighted by Gasteiger charge is -2.43. The molecule has 4 aliphatic heterocycles. The van der Waals surface area contributed by atoms with E-state index in [-0.39, 0.29) is 36.1 Å². The monoisotopic (exact) mass is 782 g/mol. The highest BCUT2D eigenvalue weighted by molar-refractivity contribution is 9.10. The molecule has 2 aromatic carbocycles. The third-order valence-corrected chi connectivity index (χ3v) is 11.5. The molecule has 14 heteroatoms. The Bertz CT molecular complexity index is 1570. The van der Waals surface area contributed by atoms with Crippen LogP contribution >= 0.6 is 15.9 Å². The van der Waals surface area contributed by atoms with Crippen LogP contribution in [0, 0.1) is 0 Å². The number of phenols is 1. The average Bonchev–Trinajstić information content (AvgIpc) is 3.33.